The fourth-order valence-corrected chi connectivity index (χ4v) is 1.64. The van der Waals surface area contributed by atoms with E-state index in [0.717, 1.165) is 0 Å². The van der Waals surface area contributed by atoms with E-state index < -0.39 is 0 Å². The summed E-state index contributed by atoms with van der Waals surface area (Å²) in [6.45, 7) is 1.52. The normalized spacial score (nSPS) is 10.2. The van der Waals surface area contributed by atoms with Crippen LogP contribution in [0.4, 0.5) is 4.39 Å². The van der Waals surface area contributed by atoms with Gasteiger partial charge in [-0.05, 0) is 19.1 Å². The maximum Gasteiger partial charge on any atom is 0.267 e. The zero-order valence-corrected chi connectivity index (χ0v) is 10.4. The lowest BCUT2D eigenvalue weighted by molar-refractivity contribution is 0.0946. The molecule has 4 nitrogen and oxygen atoms in total. The number of amides is 1. The molecule has 0 radical (unpaired) electrons. The molecule has 0 aliphatic rings. The van der Waals surface area contributed by atoms with Crippen LogP contribution in [-0.4, -0.2) is 16.7 Å². The van der Waals surface area contributed by atoms with Crippen LogP contribution in [0, 0.1) is 5.82 Å². The second kappa shape index (κ2) is 5.48. The minimum Gasteiger partial charge on any atom is -0.356 e. The highest BCUT2D eigenvalue weighted by Gasteiger charge is 2.11. The van der Waals surface area contributed by atoms with Gasteiger partial charge in [-0.2, -0.15) is 0 Å². The van der Waals surface area contributed by atoms with Crippen molar-refractivity contribution in [3.05, 3.63) is 59.2 Å². The Bertz CT molecular complexity index is 619. The van der Waals surface area contributed by atoms with Gasteiger partial charge in [-0.1, -0.05) is 18.2 Å². The van der Waals surface area contributed by atoms with Crippen molar-refractivity contribution >= 4 is 11.7 Å². The van der Waals surface area contributed by atoms with Crippen molar-refractivity contribution in [2.45, 2.75) is 13.5 Å². The van der Waals surface area contributed by atoms with E-state index >= 15 is 0 Å². The maximum absolute atomic E-state index is 13.3. The van der Waals surface area contributed by atoms with Crippen LogP contribution >= 0.6 is 0 Å². The Morgan fingerprint density at radius 3 is 2.68 bits per heavy atom. The summed E-state index contributed by atoms with van der Waals surface area (Å²) in [6, 6.07) is 7.70. The number of hydrogen-bond donors (Lipinski definition) is 2. The van der Waals surface area contributed by atoms with Gasteiger partial charge >= 0.3 is 0 Å². The number of halogens is 1. The standard InChI is InChI=1S/C14H13FN2O2/c1-9(18)11-6-13(16-8-11)14(19)17-7-10-4-2-3-5-12(10)15/h2-6,8,16H,7H2,1H3,(H,17,19). The Hall–Kier alpha value is -2.43. The Balaban J connectivity index is 2.01. The van der Waals surface area contributed by atoms with Crippen molar-refractivity contribution in [3.63, 3.8) is 0 Å². The third-order valence-electron chi connectivity index (χ3n) is 2.73. The average Bonchev–Trinajstić information content (AvgIpc) is 2.87. The second-order valence-electron chi connectivity index (χ2n) is 4.13. The Labute approximate surface area is 109 Å². The van der Waals surface area contributed by atoms with E-state index in [0.29, 0.717) is 11.1 Å². The SMILES string of the molecule is CC(=O)c1c[nH]c(C(=O)NCc2ccccc2F)c1. The number of hydrogen-bond acceptors (Lipinski definition) is 2. The van der Waals surface area contributed by atoms with Gasteiger partial charge in [-0.15, -0.1) is 0 Å². The van der Waals surface area contributed by atoms with Crippen LogP contribution in [0.1, 0.15) is 33.3 Å². The van der Waals surface area contributed by atoms with Crippen LogP contribution in [0.2, 0.25) is 0 Å². The first kappa shape index (κ1) is 13.0. The van der Waals surface area contributed by atoms with E-state index in [1.807, 2.05) is 0 Å². The molecule has 5 heteroatoms. The molecule has 2 aromatic rings. The molecule has 19 heavy (non-hydrogen) atoms. The summed E-state index contributed by atoms with van der Waals surface area (Å²) in [5, 5.41) is 2.59. The zero-order valence-electron chi connectivity index (χ0n) is 10.4. The summed E-state index contributed by atoms with van der Waals surface area (Å²) >= 11 is 0. The predicted molar refractivity (Wildman–Crippen MR) is 68.4 cm³/mol. The van der Waals surface area contributed by atoms with Gasteiger partial charge in [-0.25, -0.2) is 4.39 Å². The lowest BCUT2D eigenvalue weighted by atomic mass is 10.2. The molecule has 0 aliphatic carbocycles. The highest BCUT2D eigenvalue weighted by molar-refractivity contribution is 5.99. The largest absolute Gasteiger partial charge is 0.356 e. The van der Waals surface area contributed by atoms with Crippen molar-refractivity contribution in [1.29, 1.82) is 0 Å². The fraction of sp³-hybridized carbons (Fsp3) is 0.143. The zero-order chi connectivity index (χ0) is 13.8. The number of carbonyl (C=O) groups is 2. The molecule has 0 spiro atoms. The topological polar surface area (TPSA) is 62.0 Å². The van der Waals surface area contributed by atoms with Gasteiger partial charge in [0.25, 0.3) is 5.91 Å². The van der Waals surface area contributed by atoms with E-state index in [2.05, 4.69) is 10.3 Å². The lowest BCUT2D eigenvalue weighted by Crippen LogP contribution is -2.23. The molecule has 0 unspecified atom stereocenters. The number of carbonyl (C=O) groups excluding carboxylic acids is 2. The summed E-state index contributed by atoms with van der Waals surface area (Å²) in [6.07, 6.45) is 1.47. The van der Waals surface area contributed by atoms with Crippen molar-refractivity contribution < 1.29 is 14.0 Å². The molecule has 1 aromatic heterocycles. The number of ketones is 1. The third-order valence-corrected chi connectivity index (χ3v) is 2.73. The molecule has 0 saturated carbocycles. The molecule has 1 heterocycles. The van der Waals surface area contributed by atoms with Gasteiger partial charge in [0.15, 0.2) is 5.78 Å². The van der Waals surface area contributed by atoms with E-state index in [9.17, 15) is 14.0 Å². The summed E-state index contributed by atoms with van der Waals surface area (Å²) in [5.41, 5.74) is 1.13. The Kier molecular flexibility index (Phi) is 3.75. The highest BCUT2D eigenvalue weighted by Crippen LogP contribution is 2.07. The molecular formula is C14H13FN2O2. The number of aromatic nitrogens is 1. The number of Topliss-reactive ketones (excluding diaryl/α,β-unsaturated/α-hetero) is 1. The first-order chi connectivity index (χ1) is 9.08. The molecule has 2 N–H and O–H groups in total. The summed E-state index contributed by atoms with van der Waals surface area (Å²) < 4.78 is 13.3. The first-order valence-electron chi connectivity index (χ1n) is 5.79. The van der Waals surface area contributed by atoms with Crippen LogP contribution < -0.4 is 5.32 Å². The van der Waals surface area contributed by atoms with Gasteiger partial charge in [0.05, 0.1) is 0 Å². The minimum absolute atomic E-state index is 0.0972. The Morgan fingerprint density at radius 1 is 1.32 bits per heavy atom. The molecule has 98 valence electrons. The van der Waals surface area contributed by atoms with Crippen molar-refractivity contribution in [3.8, 4) is 0 Å². The van der Waals surface area contributed by atoms with Crippen LogP contribution in [0.25, 0.3) is 0 Å². The predicted octanol–water partition coefficient (Wildman–Crippen LogP) is 2.29. The van der Waals surface area contributed by atoms with E-state index in [1.54, 1.807) is 18.2 Å². The lowest BCUT2D eigenvalue weighted by Gasteiger charge is -2.04. The van der Waals surface area contributed by atoms with Crippen LogP contribution in [0.5, 0.6) is 0 Å². The van der Waals surface area contributed by atoms with Crippen LogP contribution in [0.3, 0.4) is 0 Å². The summed E-state index contributed by atoms with van der Waals surface area (Å²) in [4.78, 5) is 25.6. The van der Waals surface area contributed by atoms with E-state index in [-0.39, 0.29) is 29.7 Å². The molecule has 0 fully saturated rings. The molecule has 0 aliphatic heterocycles. The van der Waals surface area contributed by atoms with Gasteiger partial charge in [0.1, 0.15) is 11.5 Å². The van der Waals surface area contributed by atoms with Gasteiger partial charge in [0, 0.05) is 23.9 Å². The van der Waals surface area contributed by atoms with Gasteiger partial charge in [0.2, 0.25) is 0 Å². The molecule has 1 aromatic carbocycles. The first-order valence-corrected chi connectivity index (χ1v) is 5.79. The van der Waals surface area contributed by atoms with Crippen molar-refractivity contribution in [2.75, 3.05) is 0 Å². The monoisotopic (exact) mass is 260 g/mol. The maximum atomic E-state index is 13.3. The third kappa shape index (κ3) is 3.07. The average molecular weight is 260 g/mol. The number of nitrogens with one attached hydrogen (secondary N) is 2. The molecule has 0 atom stereocenters. The quantitative estimate of drug-likeness (QED) is 0.828. The second-order valence-corrected chi connectivity index (χ2v) is 4.13. The van der Waals surface area contributed by atoms with Crippen molar-refractivity contribution in [2.24, 2.45) is 0 Å². The molecular weight excluding hydrogens is 247 g/mol. The fourth-order valence-electron chi connectivity index (χ4n) is 1.64. The number of aromatic amines is 1. The van der Waals surface area contributed by atoms with E-state index in [4.69, 9.17) is 0 Å². The number of H-pyrrole nitrogens is 1. The van der Waals surface area contributed by atoms with Gasteiger partial charge < -0.3 is 10.3 Å². The molecule has 0 saturated heterocycles. The molecule has 0 bridgehead atoms. The smallest absolute Gasteiger partial charge is 0.267 e. The van der Waals surface area contributed by atoms with E-state index in [1.165, 1.54) is 25.3 Å². The van der Waals surface area contributed by atoms with Gasteiger partial charge in [-0.3, -0.25) is 9.59 Å². The minimum atomic E-state index is -0.379. The highest BCUT2D eigenvalue weighted by atomic mass is 19.1. The van der Waals surface area contributed by atoms with Crippen LogP contribution in [-0.2, 0) is 6.54 Å². The number of benzene rings is 1. The van der Waals surface area contributed by atoms with Crippen molar-refractivity contribution in [1.82, 2.24) is 10.3 Å². The molecule has 2 rings (SSSR count). The number of rotatable bonds is 4. The molecule has 1 amide bonds. The summed E-state index contributed by atoms with van der Waals surface area (Å²) in [7, 11) is 0. The summed E-state index contributed by atoms with van der Waals surface area (Å²) in [5.74, 6) is -0.862. The van der Waals surface area contributed by atoms with Crippen LogP contribution in [0.15, 0.2) is 36.5 Å². The Morgan fingerprint density at radius 2 is 2.05 bits per heavy atom.